The molecule has 2 rings (SSSR count). The molecule has 0 saturated heterocycles. The molecule has 0 fully saturated rings. The molecular weight excluding hydrogens is 332 g/mol. The number of carbonyl (C=O) groups is 1. The van der Waals surface area contributed by atoms with Crippen molar-refractivity contribution in [1.29, 1.82) is 0 Å². The van der Waals surface area contributed by atoms with Crippen LogP contribution in [-0.4, -0.2) is 19.3 Å². The number of rotatable bonds is 4. The van der Waals surface area contributed by atoms with Gasteiger partial charge in [0.25, 0.3) is 5.91 Å². The number of thiophene rings is 1. The second-order valence-corrected chi connectivity index (χ2v) is 8.08. The Labute approximate surface area is 132 Å². The van der Waals surface area contributed by atoms with E-state index in [1.54, 1.807) is 19.1 Å². The van der Waals surface area contributed by atoms with Crippen LogP contribution in [0.2, 0.25) is 5.15 Å². The van der Waals surface area contributed by atoms with Crippen molar-refractivity contribution in [2.45, 2.75) is 19.6 Å². The Morgan fingerprint density at radius 1 is 1.38 bits per heavy atom. The lowest BCUT2D eigenvalue weighted by molar-refractivity contribution is 0.0981. The van der Waals surface area contributed by atoms with Crippen molar-refractivity contribution in [3.05, 3.63) is 50.4 Å². The van der Waals surface area contributed by atoms with Gasteiger partial charge >= 0.3 is 0 Å². The van der Waals surface area contributed by atoms with E-state index in [2.05, 4.69) is 9.71 Å². The van der Waals surface area contributed by atoms with Gasteiger partial charge in [0.15, 0.2) is 0 Å². The summed E-state index contributed by atoms with van der Waals surface area (Å²) in [6.07, 6.45) is 1.37. The summed E-state index contributed by atoms with van der Waals surface area (Å²) in [6, 6.07) is 4.73. The van der Waals surface area contributed by atoms with Crippen LogP contribution in [0, 0.1) is 13.8 Å². The highest BCUT2D eigenvalue weighted by Gasteiger charge is 2.19. The second-order valence-electron chi connectivity index (χ2n) is 4.51. The summed E-state index contributed by atoms with van der Waals surface area (Å²) in [5.41, 5.74) is 0.841. The van der Waals surface area contributed by atoms with E-state index in [1.807, 2.05) is 6.92 Å². The number of hydrogen-bond acceptors (Lipinski definition) is 5. The molecule has 1 amide bonds. The van der Waals surface area contributed by atoms with Crippen LogP contribution in [0.4, 0.5) is 0 Å². The van der Waals surface area contributed by atoms with Crippen LogP contribution in [0.1, 0.15) is 25.7 Å². The van der Waals surface area contributed by atoms with E-state index < -0.39 is 15.9 Å². The SMILES string of the molecule is Cc1cc(C(=O)NS(=O)(=O)Cc2ccc(Cl)nc2)c(C)s1. The lowest BCUT2D eigenvalue weighted by Crippen LogP contribution is -2.31. The number of aryl methyl sites for hydroxylation is 2. The van der Waals surface area contributed by atoms with Crippen LogP contribution in [0.25, 0.3) is 0 Å². The Hall–Kier alpha value is -1.44. The minimum Gasteiger partial charge on any atom is -0.268 e. The van der Waals surface area contributed by atoms with Crippen molar-refractivity contribution in [1.82, 2.24) is 9.71 Å². The molecule has 0 unspecified atom stereocenters. The molecule has 0 atom stereocenters. The van der Waals surface area contributed by atoms with Crippen LogP contribution >= 0.6 is 22.9 Å². The monoisotopic (exact) mass is 344 g/mol. The summed E-state index contributed by atoms with van der Waals surface area (Å²) in [5, 5.41) is 0.282. The summed E-state index contributed by atoms with van der Waals surface area (Å²) in [4.78, 5) is 17.6. The number of sulfonamides is 1. The summed E-state index contributed by atoms with van der Waals surface area (Å²) in [5.74, 6) is -0.941. The summed E-state index contributed by atoms with van der Waals surface area (Å²) < 4.78 is 26.1. The molecule has 2 heterocycles. The summed E-state index contributed by atoms with van der Waals surface area (Å²) in [6.45, 7) is 3.64. The minimum absolute atomic E-state index is 0.282. The molecule has 0 aliphatic carbocycles. The number of carbonyl (C=O) groups excluding carboxylic acids is 1. The first-order valence-corrected chi connectivity index (χ1v) is 8.84. The average Bonchev–Trinajstić information content (AvgIpc) is 2.70. The van der Waals surface area contributed by atoms with E-state index in [1.165, 1.54) is 23.6 Å². The predicted octanol–water partition coefficient (Wildman–Crippen LogP) is 2.67. The molecule has 5 nitrogen and oxygen atoms in total. The van der Waals surface area contributed by atoms with Gasteiger partial charge in [-0.15, -0.1) is 11.3 Å². The molecule has 1 N–H and O–H groups in total. The van der Waals surface area contributed by atoms with Crippen LogP contribution in [0.15, 0.2) is 24.4 Å². The van der Waals surface area contributed by atoms with Crippen molar-refractivity contribution >= 4 is 38.9 Å². The highest BCUT2D eigenvalue weighted by molar-refractivity contribution is 7.89. The molecule has 0 saturated carbocycles. The first kappa shape index (κ1) is 15.9. The van der Waals surface area contributed by atoms with Gasteiger partial charge in [0.2, 0.25) is 10.0 Å². The molecule has 0 aliphatic rings. The highest BCUT2D eigenvalue weighted by atomic mass is 35.5. The Balaban J connectivity index is 2.12. The Bertz CT molecular complexity index is 767. The normalized spacial score (nSPS) is 11.4. The fourth-order valence-electron chi connectivity index (χ4n) is 1.80. The van der Waals surface area contributed by atoms with Gasteiger partial charge in [-0.25, -0.2) is 18.1 Å². The van der Waals surface area contributed by atoms with E-state index in [0.717, 1.165) is 9.75 Å². The van der Waals surface area contributed by atoms with Crippen molar-refractivity contribution in [2.24, 2.45) is 0 Å². The summed E-state index contributed by atoms with van der Waals surface area (Å²) >= 11 is 7.09. The molecule has 0 spiro atoms. The number of nitrogens with zero attached hydrogens (tertiary/aromatic N) is 1. The van der Waals surface area contributed by atoms with Gasteiger partial charge in [-0.1, -0.05) is 17.7 Å². The molecule has 2 aromatic rings. The van der Waals surface area contributed by atoms with Crippen molar-refractivity contribution in [3.63, 3.8) is 0 Å². The maximum atomic E-state index is 12.0. The first-order valence-electron chi connectivity index (χ1n) is 5.99. The first-order chi connectivity index (χ1) is 9.77. The van der Waals surface area contributed by atoms with E-state index in [9.17, 15) is 13.2 Å². The highest BCUT2D eigenvalue weighted by Crippen LogP contribution is 2.20. The Morgan fingerprint density at radius 2 is 2.10 bits per heavy atom. The maximum Gasteiger partial charge on any atom is 0.265 e. The van der Waals surface area contributed by atoms with E-state index in [4.69, 9.17) is 11.6 Å². The van der Waals surface area contributed by atoms with E-state index in [0.29, 0.717) is 11.1 Å². The van der Waals surface area contributed by atoms with Gasteiger partial charge in [-0.05, 0) is 31.5 Å². The number of nitrogens with one attached hydrogen (secondary N) is 1. The van der Waals surface area contributed by atoms with E-state index >= 15 is 0 Å². The third kappa shape index (κ3) is 4.26. The lowest BCUT2D eigenvalue weighted by atomic mass is 10.2. The zero-order valence-electron chi connectivity index (χ0n) is 11.4. The maximum absolute atomic E-state index is 12.0. The van der Waals surface area contributed by atoms with Gasteiger partial charge < -0.3 is 0 Å². The summed E-state index contributed by atoms with van der Waals surface area (Å²) in [7, 11) is -3.78. The van der Waals surface area contributed by atoms with Crippen LogP contribution in [0.3, 0.4) is 0 Å². The van der Waals surface area contributed by atoms with Gasteiger partial charge in [0, 0.05) is 16.0 Å². The van der Waals surface area contributed by atoms with Crippen LogP contribution < -0.4 is 4.72 Å². The third-order valence-corrected chi connectivity index (χ3v) is 5.08. The zero-order valence-corrected chi connectivity index (χ0v) is 13.8. The second kappa shape index (κ2) is 6.13. The number of amides is 1. The number of pyridine rings is 1. The van der Waals surface area contributed by atoms with Gasteiger partial charge in [0.1, 0.15) is 5.15 Å². The fraction of sp³-hybridized carbons (Fsp3) is 0.231. The molecule has 0 aliphatic heterocycles. The molecule has 21 heavy (non-hydrogen) atoms. The van der Waals surface area contributed by atoms with Crippen molar-refractivity contribution < 1.29 is 13.2 Å². The van der Waals surface area contributed by atoms with Gasteiger partial charge in [-0.3, -0.25) is 4.79 Å². The molecule has 0 radical (unpaired) electrons. The van der Waals surface area contributed by atoms with Crippen molar-refractivity contribution in [3.8, 4) is 0 Å². The number of halogens is 1. The average molecular weight is 345 g/mol. The van der Waals surface area contributed by atoms with Gasteiger partial charge in [-0.2, -0.15) is 0 Å². The lowest BCUT2D eigenvalue weighted by Gasteiger charge is -2.06. The van der Waals surface area contributed by atoms with Crippen LogP contribution in [-0.2, 0) is 15.8 Å². The van der Waals surface area contributed by atoms with E-state index in [-0.39, 0.29) is 10.9 Å². The molecular formula is C13H13ClN2O3S2. The largest absolute Gasteiger partial charge is 0.268 e. The standard InChI is InChI=1S/C13H13ClN2O3S2/c1-8-5-11(9(2)20-8)13(17)16-21(18,19)7-10-3-4-12(14)15-6-10/h3-6H,7H2,1-2H3,(H,16,17). The molecule has 2 aromatic heterocycles. The van der Waals surface area contributed by atoms with Gasteiger partial charge in [0.05, 0.1) is 11.3 Å². The molecule has 0 aromatic carbocycles. The zero-order chi connectivity index (χ0) is 15.6. The smallest absolute Gasteiger partial charge is 0.265 e. The molecule has 8 heteroatoms. The molecule has 112 valence electrons. The topological polar surface area (TPSA) is 76.1 Å². The number of hydrogen-bond donors (Lipinski definition) is 1. The predicted molar refractivity (Wildman–Crippen MR) is 83.1 cm³/mol. The van der Waals surface area contributed by atoms with Crippen LogP contribution in [0.5, 0.6) is 0 Å². The van der Waals surface area contributed by atoms with Crippen molar-refractivity contribution in [2.75, 3.05) is 0 Å². The quantitative estimate of drug-likeness (QED) is 0.865. The Morgan fingerprint density at radius 3 is 2.62 bits per heavy atom. The third-order valence-electron chi connectivity index (χ3n) is 2.68. The molecule has 0 bridgehead atoms. The fourth-order valence-corrected chi connectivity index (χ4v) is 3.91. The number of aromatic nitrogens is 1. The Kier molecular flexibility index (Phi) is 4.65. The minimum atomic E-state index is -3.78.